The molecule has 8 heteroatoms. The van der Waals surface area contributed by atoms with E-state index in [2.05, 4.69) is 0 Å². The Morgan fingerprint density at radius 2 is 1.86 bits per heavy atom. The molecule has 122 valence electrons. The Kier molecular flexibility index (Phi) is 5.51. The highest BCUT2D eigenvalue weighted by molar-refractivity contribution is 5.87. The van der Waals surface area contributed by atoms with Gasteiger partial charge in [-0.2, -0.15) is 13.2 Å². The van der Waals surface area contributed by atoms with Gasteiger partial charge in [0, 0.05) is 6.54 Å². The molecule has 0 aromatic heterocycles. The lowest BCUT2D eigenvalue weighted by Gasteiger charge is -2.32. The second kappa shape index (κ2) is 6.76. The number of hydrogen-bond acceptors (Lipinski definition) is 2. The molecule has 22 heavy (non-hydrogen) atoms. The highest BCUT2D eigenvalue weighted by Gasteiger charge is 2.46. The maximum absolute atomic E-state index is 13.1. The fraction of sp³-hybridized carbons (Fsp3) is 0.429. The van der Waals surface area contributed by atoms with Crippen molar-refractivity contribution >= 4 is 11.9 Å². The van der Waals surface area contributed by atoms with Gasteiger partial charge in [-0.1, -0.05) is 26.0 Å². The van der Waals surface area contributed by atoms with Crippen molar-refractivity contribution in [3.05, 3.63) is 35.6 Å². The summed E-state index contributed by atoms with van der Waals surface area (Å²) in [6.07, 6.45) is -5.21. The van der Waals surface area contributed by atoms with E-state index in [0.29, 0.717) is 0 Å². The molecule has 1 rings (SSSR count). The van der Waals surface area contributed by atoms with Crippen LogP contribution in [0.4, 0.5) is 17.6 Å². The molecule has 1 aromatic carbocycles. The summed E-state index contributed by atoms with van der Waals surface area (Å²) < 4.78 is 51.3. The molecule has 4 nitrogen and oxygen atoms in total. The summed E-state index contributed by atoms with van der Waals surface area (Å²) in [4.78, 5) is 23.0. The van der Waals surface area contributed by atoms with Crippen LogP contribution in [0.15, 0.2) is 24.3 Å². The highest BCUT2D eigenvalue weighted by atomic mass is 19.4. The predicted octanol–water partition coefficient (Wildman–Crippen LogP) is 2.83. The van der Waals surface area contributed by atoms with Crippen molar-refractivity contribution in [2.45, 2.75) is 32.6 Å². The van der Waals surface area contributed by atoms with E-state index in [1.54, 1.807) is 0 Å². The quantitative estimate of drug-likeness (QED) is 0.849. The minimum absolute atomic E-state index is 0.0736. The second-order valence-corrected chi connectivity index (χ2v) is 5.09. The molecule has 0 spiro atoms. The van der Waals surface area contributed by atoms with Crippen LogP contribution in [-0.4, -0.2) is 34.1 Å². The number of carboxylic acids is 1. The summed E-state index contributed by atoms with van der Waals surface area (Å²) in [6, 6.07) is 2.97. The van der Waals surface area contributed by atoms with Crippen LogP contribution in [0.5, 0.6) is 0 Å². The van der Waals surface area contributed by atoms with E-state index in [1.807, 2.05) is 0 Å². The van der Waals surface area contributed by atoms with Crippen LogP contribution in [0.1, 0.15) is 19.4 Å². The Labute approximate surface area is 124 Å². The molecule has 0 saturated carbocycles. The Balaban J connectivity index is 3.21. The zero-order valence-corrected chi connectivity index (χ0v) is 11.9. The minimum atomic E-state index is -5.21. The van der Waals surface area contributed by atoms with Gasteiger partial charge >= 0.3 is 18.1 Å². The van der Waals surface area contributed by atoms with Gasteiger partial charge in [-0.05, 0) is 23.6 Å². The summed E-state index contributed by atoms with van der Waals surface area (Å²) in [6.45, 7) is 2.13. The van der Waals surface area contributed by atoms with E-state index in [9.17, 15) is 27.2 Å². The summed E-state index contributed by atoms with van der Waals surface area (Å²) in [5.41, 5.74) is 0.0736. The van der Waals surface area contributed by atoms with Crippen molar-refractivity contribution < 1.29 is 32.3 Å². The third-order valence-electron chi connectivity index (χ3n) is 2.97. The van der Waals surface area contributed by atoms with Crippen molar-refractivity contribution in [1.82, 2.24) is 4.90 Å². The lowest BCUT2D eigenvalue weighted by atomic mass is 10.0. The lowest BCUT2D eigenvalue weighted by Crippen LogP contribution is -2.52. The molecular weight excluding hydrogens is 306 g/mol. The lowest BCUT2D eigenvalue weighted by molar-refractivity contribution is -0.191. The number of nitrogens with zero attached hydrogens (tertiary/aromatic N) is 1. The molecule has 0 aliphatic carbocycles. The SMILES string of the molecule is CC(C)C(C(=O)O)N(Cc1cccc(F)c1)C(=O)C(F)(F)F. The molecule has 1 aromatic rings. The third-order valence-corrected chi connectivity index (χ3v) is 2.97. The van der Waals surface area contributed by atoms with Crippen molar-refractivity contribution in [3.8, 4) is 0 Å². The van der Waals surface area contributed by atoms with Gasteiger partial charge < -0.3 is 10.0 Å². The molecule has 0 bridgehead atoms. The first-order valence-electron chi connectivity index (χ1n) is 6.39. The molecule has 0 fully saturated rings. The standard InChI is InChI=1S/C14H15F4NO3/c1-8(2)11(12(20)21)19(13(22)14(16,17)18)7-9-4-3-5-10(15)6-9/h3-6,8,11H,7H2,1-2H3,(H,20,21). The number of carbonyl (C=O) groups is 2. The monoisotopic (exact) mass is 321 g/mol. The first kappa shape index (κ1) is 17.9. The van der Waals surface area contributed by atoms with Crippen LogP contribution in [0, 0.1) is 11.7 Å². The number of hydrogen-bond donors (Lipinski definition) is 1. The zero-order chi connectivity index (χ0) is 17.1. The topological polar surface area (TPSA) is 57.6 Å². The molecule has 0 saturated heterocycles. The van der Waals surface area contributed by atoms with Gasteiger partial charge in [0.15, 0.2) is 0 Å². The first-order chi connectivity index (χ1) is 10.0. The van der Waals surface area contributed by atoms with Gasteiger partial charge in [0.2, 0.25) is 0 Å². The number of benzene rings is 1. The van der Waals surface area contributed by atoms with Crippen LogP contribution in [0.25, 0.3) is 0 Å². The fourth-order valence-corrected chi connectivity index (χ4v) is 2.07. The zero-order valence-electron chi connectivity index (χ0n) is 11.9. The van der Waals surface area contributed by atoms with E-state index in [1.165, 1.54) is 26.0 Å². The highest BCUT2D eigenvalue weighted by Crippen LogP contribution is 2.24. The Bertz CT molecular complexity index is 557. The predicted molar refractivity (Wildman–Crippen MR) is 69.3 cm³/mol. The molecule has 1 atom stereocenters. The maximum Gasteiger partial charge on any atom is 0.471 e. The molecule has 1 N–H and O–H groups in total. The summed E-state index contributed by atoms with van der Waals surface area (Å²) >= 11 is 0. The normalized spacial score (nSPS) is 13.0. The fourth-order valence-electron chi connectivity index (χ4n) is 2.07. The summed E-state index contributed by atoms with van der Waals surface area (Å²) in [5, 5.41) is 9.13. The molecule has 0 radical (unpaired) electrons. The average Bonchev–Trinajstić information content (AvgIpc) is 2.35. The number of alkyl halides is 3. The van der Waals surface area contributed by atoms with E-state index in [-0.39, 0.29) is 10.5 Å². The maximum atomic E-state index is 13.1. The van der Waals surface area contributed by atoms with Crippen LogP contribution in [0.2, 0.25) is 0 Å². The molecule has 1 unspecified atom stereocenters. The third kappa shape index (κ3) is 4.44. The minimum Gasteiger partial charge on any atom is -0.480 e. The molecular formula is C14H15F4NO3. The Morgan fingerprint density at radius 3 is 2.27 bits per heavy atom. The van der Waals surface area contributed by atoms with E-state index in [0.717, 1.165) is 12.1 Å². The Morgan fingerprint density at radius 1 is 1.27 bits per heavy atom. The molecule has 0 heterocycles. The van der Waals surface area contributed by atoms with Gasteiger partial charge in [-0.15, -0.1) is 0 Å². The number of aliphatic carboxylic acids is 1. The Hall–Kier alpha value is -2.12. The smallest absolute Gasteiger partial charge is 0.471 e. The van der Waals surface area contributed by atoms with E-state index >= 15 is 0 Å². The second-order valence-electron chi connectivity index (χ2n) is 5.09. The number of carbonyl (C=O) groups excluding carboxylic acids is 1. The largest absolute Gasteiger partial charge is 0.480 e. The summed E-state index contributed by atoms with van der Waals surface area (Å²) in [5.74, 6) is -5.26. The number of rotatable bonds is 5. The average molecular weight is 321 g/mol. The summed E-state index contributed by atoms with van der Waals surface area (Å²) in [7, 11) is 0. The van der Waals surface area contributed by atoms with Crippen LogP contribution in [-0.2, 0) is 16.1 Å². The van der Waals surface area contributed by atoms with Gasteiger partial charge in [0.1, 0.15) is 11.9 Å². The van der Waals surface area contributed by atoms with E-state index < -0.39 is 42.4 Å². The van der Waals surface area contributed by atoms with Crippen LogP contribution < -0.4 is 0 Å². The van der Waals surface area contributed by atoms with Crippen molar-refractivity contribution in [1.29, 1.82) is 0 Å². The van der Waals surface area contributed by atoms with Crippen molar-refractivity contribution in [2.24, 2.45) is 5.92 Å². The first-order valence-corrected chi connectivity index (χ1v) is 6.39. The van der Waals surface area contributed by atoms with E-state index in [4.69, 9.17) is 5.11 Å². The van der Waals surface area contributed by atoms with Gasteiger partial charge in [0.25, 0.3) is 0 Å². The molecule has 0 aliphatic heterocycles. The van der Waals surface area contributed by atoms with Crippen LogP contribution in [0.3, 0.4) is 0 Å². The number of amides is 1. The van der Waals surface area contributed by atoms with Gasteiger partial charge in [0.05, 0.1) is 0 Å². The van der Waals surface area contributed by atoms with Crippen molar-refractivity contribution in [3.63, 3.8) is 0 Å². The van der Waals surface area contributed by atoms with Gasteiger partial charge in [-0.25, -0.2) is 9.18 Å². The molecule has 0 aliphatic rings. The van der Waals surface area contributed by atoms with Crippen molar-refractivity contribution in [2.75, 3.05) is 0 Å². The molecule has 1 amide bonds. The van der Waals surface area contributed by atoms with Crippen LogP contribution >= 0.6 is 0 Å². The number of halogens is 4. The number of carboxylic acid groups (broad SMARTS) is 1. The van der Waals surface area contributed by atoms with Gasteiger partial charge in [-0.3, -0.25) is 4.79 Å².